The second kappa shape index (κ2) is 24.3. The molecule has 0 amide bonds. The van der Waals surface area contributed by atoms with E-state index < -0.39 is 23.3 Å². The van der Waals surface area contributed by atoms with Gasteiger partial charge >= 0.3 is 5.97 Å². The highest BCUT2D eigenvalue weighted by atomic mass is 35.5. The number of ether oxygens (including phenoxy) is 2. The van der Waals surface area contributed by atoms with E-state index in [0.717, 1.165) is 79.5 Å². The lowest BCUT2D eigenvalue weighted by Crippen LogP contribution is -2.44. The molecule has 2 aliphatic heterocycles. The third kappa shape index (κ3) is 16.8. The van der Waals surface area contributed by atoms with Crippen molar-refractivity contribution in [2.75, 3.05) is 52.5 Å². The van der Waals surface area contributed by atoms with Crippen LogP contribution in [0.3, 0.4) is 0 Å². The largest absolute Gasteiger partial charge is 0.760 e. The molecule has 2 heterocycles. The second-order valence-electron chi connectivity index (χ2n) is 11.6. The first kappa shape index (κ1) is 40.0. The lowest BCUT2D eigenvalue weighted by Gasteiger charge is -2.30. The number of benzene rings is 1. The van der Waals surface area contributed by atoms with E-state index in [1.807, 2.05) is 24.3 Å². The Kier molecular flexibility index (Phi) is 22.6. The van der Waals surface area contributed by atoms with Crippen LogP contribution >= 0.6 is 24.8 Å². The van der Waals surface area contributed by atoms with E-state index in [0.29, 0.717) is 26.1 Å². The van der Waals surface area contributed by atoms with Crippen molar-refractivity contribution >= 4 is 42.0 Å². The first-order chi connectivity index (χ1) is 20.0. The molecular formula is C31H54Cl2N3O6S-. The maximum absolute atomic E-state index is 12.0. The van der Waals surface area contributed by atoms with Gasteiger partial charge in [0, 0.05) is 31.0 Å². The minimum Gasteiger partial charge on any atom is -0.760 e. The summed E-state index contributed by atoms with van der Waals surface area (Å²) in [6.45, 7) is 6.63. The Morgan fingerprint density at radius 3 is 1.88 bits per heavy atom. The molecule has 0 saturated carbocycles. The number of halogens is 2. The number of nitrogens with one attached hydrogen (secondary N) is 2. The van der Waals surface area contributed by atoms with Gasteiger partial charge in [-0.3, -0.25) is 9.00 Å². The quantitative estimate of drug-likeness (QED) is 0.122. The number of nitrogens with zero attached hydrogens (tertiary/aromatic N) is 1. The fourth-order valence-corrected chi connectivity index (χ4v) is 6.52. The van der Waals surface area contributed by atoms with Crippen molar-refractivity contribution in [1.82, 2.24) is 14.9 Å². The molecule has 0 spiro atoms. The smallest absolute Gasteiger partial charge is 0.322 e. The summed E-state index contributed by atoms with van der Waals surface area (Å²) in [5.41, 5.74) is 0.763. The molecule has 0 aliphatic carbocycles. The number of carboxylic acids is 1. The van der Waals surface area contributed by atoms with E-state index in [9.17, 15) is 18.7 Å². The molecule has 1 aromatic carbocycles. The molecule has 1 unspecified atom stereocenters. The van der Waals surface area contributed by atoms with Gasteiger partial charge in [-0.1, -0.05) is 31.4 Å². The van der Waals surface area contributed by atoms with Gasteiger partial charge in [0.15, 0.2) is 0 Å². The first-order valence-corrected chi connectivity index (χ1v) is 16.9. The number of hydrogen-bond donors (Lipinski definition) is 3. The number of carbonyl (C=O) groups is 1. The van der Waals surface area contributed by atoms with E-state index >= 15 is 0 Å². The molecule has 2 saturated heterocycles. The van der Waals surface area contributed by atoms with Gasteiger partial charge in [0.1, 0.15) is 11.8 Å². The molecule has 0 bridgehead atoms. The van der Waals surface area contributed by atoms with Crippen LogP contribution in [-0.2, 0) is 27.2 Å². The van der Waals surface area contributed by atoms with Crippen molar-refractivity contribution in [2.45, 2.75) is 89.5 Å². The van der Waals surface area contributed by atoms with Gasteiger partial charge in [0.2, 0.25) is 0 Å². The van der Waals surface area contributed by atoms with E-state index in [-0.39, 0.29) is 37.8 Å². The lowest BCUT2D eigenvalue weighted by atomic mass is 9.93. The minimum atomic E-state index is -2.63. The molecule has 250 valence electrons. The number of unbranched alkanes of at least 4 members (excludes halogenated alkanes) is 3. The van der Waals surface area contributed by atoms with Crippen molar-refractivity contribution in [3.05, 3.63) is 29.8 Å². The van der Waals surface area contributed by atoms with Crippen LogP contribution in [0.15, 0.2) is 24.3 Å². The number of hydrogen-bond acceptors (Lipinski definition) is 7. The Morgan fingerprint density at radius 2 is 1.37 bits per heavy atom. The monoisotopic (exact) mass is 666 g/mol. The zero-order valence-electron chi connectivity index (χ0n) is 25.6. The van der Waals surface area contributed by atoms with Gasteiger partial charge in [-0.15, -0.1) is 24.8 Å². The Bertz CT molecular complexity index is 874. The lowest BCUT2D eigenvalue weighted by molar-refractivity contribution is -0.141. The summed E-state index contributed by atoms with van der Waals surface area (Å²) in [6.07, 6.45) is 13.4. The summed E-state index contributed by atoms with van der Waals surface area (Å²) in [7, 11) is 0. The van der Waals surface area contributed by atoms with Gasteiger partial charge in [0.05, 0.1) is 6.61 Å². The van der Waals surface area contributed by atoms with Crippen LogP contribution in [0.5, 0.6) is 5.75 Å². The highest BCUT2D eigenvalue weighted by molar-refractivity contribution is 7.76. The molecular weight excluding hydrogens is 613 g/mol. The normalized spacial score (nSPS) is 17.5. The summed E-state index contributed by atoms with van der Waals surface area (Å²) in [5, 5.41) is 16.6. The maximum atomic E-state index is 12.0. The van der Waals surface area contributed by atoms with Crippen LogP contribution in [0.4, 0.5) is 0 Å². The minimum absolute atomic E-state index is 0. The molecule has 12 heteroatoms. The zero-order chi connectivity index (χ0) is 29.1. The average Bonchev–Trinajstić information content (AvgIpc) is 2.98. The van der Waals surface area contributed by atoms with Gasteiger partial charge in [0.25, 0.3) is 0 Å². The fourth-order valence-electron chi connectivity index (χ4n) is 5.87. The van der Waals surface area contributed by atoms with E-state index in [2.05, 4.69) is 10.6 Å². The van der Waals surface area contributed by atoms with Crippen LogP contribution in [0.1, 0.15) is 82.6 Å². The molecule has 3 rings (SSSR count). The average molecular weight is 668 g/mol. The van der Waals surface area contributed by atoms with E-state index in [1.54, 1.807) is 0 Å². The number of carboxylic acid groups (broad SMARTS) is 1. The van der Waals surface area contributed by atoms with Crippen LogP contribution in [0.2, 0.25) is 0 Å². The Labute approximate surface area is 273 Å². The van der Waals surface area contributed by atoms with Crippen LogP contribution < -0.4 is 15.4 Å². The van der Waals surface area contributed by atoms with Gasteiger partial charge in [-0.25, -0.2) is 4.31 Å². The Morgan fingerprint density at radius 1 is 0.860 bits per heavy atom. The van der Waals surface area contributed by atoms with Gasteiger partial charge < -0.3 is 29.8 Å². The Balaban J connectivity index is 0.00000462. The van der Waals surface area contributed by atoms with Crippen LogP contribution in [0, 0.1) is 11.8 Å². The third-order valence-electron chi connectivity index (χ3n) is 8.44. The summed E-state index contributed by atoms with van der Waals surface area (Å²) in [4.78, 5) is 12.0. The molecule has 43 heavy (non-hydrogen) atoms. The second-order valence-corrected chi connectivity index (χ2v) is 12.5. The summed E-state index contributed by atoms with van der Waals surface area (Å²) < 4.78 is 36.5. The summed E-state index contributed by atoms with van der Waals surface area (Å²) in [5.74, 6) is 1.27. The SMILES string of the molecule is Cl.Cl.O=C(O)[C@H](Cc1ccc(OCCCCC2CCNCC2)cc1)N(CCCCOCCCCC1CCNCC1)S(=O)[O-]. The topological polar surface area (TPSA) is 123 Å². The molecule has 1 aromatic rings. The standard InChI is InChI=1S/C31H53N3O6S.2ClH/c35-31(36)30(25-28-9-11-29(12-10-28)40-24-5-2-8-27-15-19-33-20-16-27)34(41(37)38)21-3-6-23-39-22-4-1-7-26-13-17-32-18-14-26;;/h9-12,26-27,30,32-33H,1-8,13-25H2,(H,35,36)(H,37,38);2*1H/p-1/t30-;;/m0../s1. The molecule has 2 fully saturated rings. The molecule has 3 N–H and O–H groups in total. The van der Waals surface area contributed by atoms with Crippen molar-refractivity contribution < 1.29 is 28.1 Å². The van der Waals surface area contributed by atoms with E-state index in [1.165, 1.54) is 44.9 Å². The maximum Gasteiger partial charge on any atom is 0.322 e. The van der Waals surface area contributed by atoms with E-state index in [4.69, 9.17) is 9.47 Å². The number of rotatable bonds is 21. The Hall–Kier alpha value is -0.980. The van der Waals surface area contributed by atoms with Crippen molar-refractivity contribution in [3.8, 4) is 5.75 Å². The van der Waals surface area contributed by atoms with Crippen molar-refractivity contribution in [3.63, 3.8) is 0 Å². The van der Waals surface area contributed by atoms with Crippen molar-refractivity contribution in [1.29, 1.82) is 0 Å². The van der Waals surface area contributed by atoms with Crippen molar-refractivity contribution in [2.24, 2.45) is 11.8 Å². The first-order valence-electron chi connectivity index (χ1n) is 15.8. The highest BCUT2D eigenvalue weighted by Crippen LogP contribution is 2.21. The van der Waals surface area contributed by atoms with Crippen LogP contribution in [-0.4, -0.2) is 82.7 Å². The predicted octanol–water partition coefficient (Wildman–Crippen LogP) is 5.14. The molecule has 0 radical (unpaired) electrons. The molecule has 9 nitrogen and oxygen atoms in total. The third-order valence-corrected chi connectivity index (χ3v) is 9.26. The highest BCUT2D eigenvalue weighted by Gasteiger charge is 2.26. The zero-order valence-corrected chi connectivity index (χ0v) is 28.0. The summed E-state index contributed by atoms with van der Waals surface area (Å²) in [6, 6.07) is 6.18. The fraction of sp³-hybridized carbons (Fsp3) is 0.774. The summed E-state index contributed by atoms with van der Waals surface area (Å²) >= 11 is -2.63. The number of aliphatic carboxylic acids is 1. The van der Waals surface area contributed by atoms with Gasteiger partial charge in [-0.05, 0) is 120 Å². The van der Waals surface area contributed by atoms with Gasteiger partial charge in [-0.2, -0.15) is 0 Å². The molecule has 0 aromatic heterocycles. The predicted molar refractivity (Wildman–Crippen MR) is 176 cm³/mol. The molecule has 2 atom stereocenters. The molecule has 2 aliphatic rings. The number of piperidine rings is 2. The van der Waals surface area contributed by atoms with Crippen LogP contribution in [0.25, 0.3) is 0 Å².